The minimum atomic E-state index is -0.352. The number of H-pyrrole nitrogens is 1. The summed E-state index contributed by atoms with van der Waals surface area (Å²) in [5.74, 6) is -0.935. The molecular weight excluding hydrogens is 331 g/mol. The van der Waals surface area contributed by atoms with Gasteiger partial charge in [0.1, 0.15) is 5.82 Å². The van der Waals surface area contributed by atoms with Crippen LogP contribution in [0.5, 0.6) is 0 Å². The summed E-state index contributed by atoms with van der Waals surface area (Å²) in [6, 6.07) is 15.3. The van der Waals surface area contributed by atoms with Gasteiger partial charge in [-0.2, -0.15) is 0 Å². The quantitative estimate of drug-likeness (QED) is 0.706. The summed E-state index contributed by atoms with van der Waals surface area (Å²) in [5.41, 5.74) is 3.44. The topological polar surface area (TPSA) is 53.2 Å². The lowest BCUT2D eigenvalue weighted by Crippen LogP contribution is -2.31. The number of fused-ring (bicyclic) bond motifs is 1. The van der Waals surface area contributed by atoms with Crippen molar-refractivity contribution in [2.75, 3.05) is 6.54 Å². The Kier molecular flexibility index (Phi) is 3.92. The molecule has 0 unspecified atom stereocenters. The van der Waals surface area contributed by atoms with E-state index in [1.165, 1.54) is 17.0 Å². The van der Waals surface area contributed by atoms with Crippen molar-refractivity contribution >= 4 is 11.8 Å². The third kappa shape index (κ3) is 2.44. The van der Waals surface area contributed by atoms with E-state index in [0.717, 1.165) is 5.56 Å². The molecule has 5 heteroatoms. The molecule has 0 saturated heterocycles. The number of nitrogens with zero attached hydrogens (tertiary/aromatic N) is 1. The summed E-state index contributed by atoms with van der Waals surface area (Å²) in [6.07, 6.45) is 0.692. The van der Waals surface area contributed by atoms with Gasteiger partial charge in [-0.1, -0.05) is 37.3 Å². The van der Waals surface area contributed by atoms with Crippen molar-refractivity contribution in [3.05, 3.63) is 71.5 Å². The van der Waals surface area contributed by atoms with Gasteiger partial charge in [0.05, 0.1) is 22.5 Å². The van der Waals surface area contributed by atoms with Gasteiger partial charge in [0.15, 0.2) is 0 Å². The van der Waals surface area contributed by atoms with Gasteiger partial charge in [-0.25, -0.2) is 4.39 Å². The van der Waals surface area contributed by atoms with E-state index < -0.39 is 0 Å². The molecule has 4 rings (SSSR count). The maximum atomic E-state index is 13.3. The van der Waals surface area contributed by atoms with Crippen LogP contribution in [-0.2, 0) is 0 Å². The van der Waals surface area contributed by atoms with Crippen LogP contribution in [0.3, 0.4) is 0 Å². The Morgan fingerprint density at radius 1 is 0.846 bits per heavy atom. The van der Waals surface area contributed by atoms with E-state index in [1.54, 1.807) is 12.1 Å². The lowest BCUT2D eigenvalue weighted by molar-refractivity contribution is 0.0654. The first-order chi connectivity index (χ1) is 12.6. The van der Waals surface area contributed by atoms with E-state index >= 15 is 0 Å². The number of carbonyl (C=O) groups is 2. The molecule has 4 nitrogen and oxygen atoms in total. The number of amides is 2. The van der Waals surface area contributed by atoms with E-state index in [1.807, 2.05) is 37.3 Å². The lowest BCUT2D eigenvalue weighted by Gasteiger charge is -2.14. The average molecular weight is 348 g/mol. The molecule has 0 bridgehead atoms. The molecule has 0 aliphatic carbocycles. The molecule has 1 aromatic heterocycles. The highest BCUT2D eigenvalue weighted by Crippen LogP contribution is 2.39. The number of imide groups is 1. The van der Waals surface area contributed by atoms with E-state index in [0.29, 0.717) is 41.0 Å². The minimum Gasteiger partial charge on any atom is -0.353 e. The number of aromatic amines is 1. The SMILES string of the molecule is CCCN1C(=O)c2c(-c3ccccc3)[nH]c(-c3ccc(F)cc3)c2C1=O. The second-order valence-electron chi connectivity index (χ2n) is 6.26. The Labute approximate surface area is 150 Å². The number of carbonyl (C=O) groups excluding carboxylic acids is 2. The highest BCUT2D eigenvalue weighted by Gasteiger charge is 2.41. The van der Waals surface area contributed by atoms with Gasteiger partial charge < -0.3 is 4.98 Å². The number of nitrogens with one attached hydrogen (secondary N) is 1. The molecule has 0 fully saturated rings. The summed E-state index contributed by atoms with van der Waals surface area (Å²) in [5, 5.41) is 0. The Bertz CT molecular complexity index is 991. The molecular formula is C21H17FN2O2. The predicted octanol–water partition coefficient (Wildman–Crippen LogP) is 4.49. The molecule has 1 N–H and O–H groups in total. The van der Waals surface area contributed by atoms with Crippen molar-refractivity contribution in [3.8, 4) is 22.5 Å². The van der Waals surface area contributed by atoms with Gasteiger partial charge in [0, 0.05) is 6.54 Å². The Morgan fingerprint density at radius 3 is 1.92 bits per heavy atom. The molecule has 26 heavy (non-hydrogen) atoms. The van der Waals surface area contributed by atoms with Crippen LogP contribution in [0.1, 0.15) is 34.1 Å². The number of hydrogen-bond donors (Lipinski definition) is 1. The molecule has 0 atom stereocenters. The van der Waals surface area contributed by atoms with E-state index in [4.69, 9.17) is 0 Å². The number of hydrogen-bond acceptors (Lipinski definition) is 2. The van der Waals surface area contributed by atoms with Crippen molar-refractivity contribution in [1.82, 2.24) is 9.88 Å². The fourth-order valence-electron chi connectivity index (χ4n) is 3.37. The minimum absolute atomic E-state index is 0.282. The van der Waals surface area contributed by atoms with Crippen LogP contribution in [0.25, 0.3) is 22.5 Å². The third-order valence-electron chi connectivity index (χ3n) is 4.56. The first-order valence-electron chi connectivity index (χ1n) is 8.55. The number of rotatable bonds is 4. The molecule has 0 saturated carbocycles. The van der Waals surface area contributed by atoms with Gasteiger partial charge in [0.25, 0.3) is 11.8 Å². The van der Waals surface area contributed by atoms with Crippen LogP contribution in [-0.4, -0.2) is 28.2 Å². The predicted molar refractivity (Wildman–Crippen MR) is 97.3 cm³/mol. The molecule has 0 spiro atoms. The Morgan fingerprint density at radius 2 is 1.38 bits per heavy atom. The molecule has 2 aromatic carbocycles. The Hall–Kier alpha value is -3.21. The fraction of sp³-hybridized carbons (Fsp3) is 0.143. The lowest BCUT2D eigenvalue weighted by atomic mass is 10.0. The molecule has 3 aromatic rings. The molecule has 1 aliphatic rings. The van der Waals surface area contributed by atoms with Crippen LogP contribution >= 0.6 is 0 Å². The summed E-state index contributed by atoms with van der Waals surface area (Å²) in [6.45, 7) is 2.30. The second-order valence-corrected chi connectivity index (χ2v) is 6.26. The number of halogens is 1. The van der Waals surface area contributed by atoms with Crippen LogP contribution in [0.15, 0.2) is 54.6 Å². The molecule has 130 valence electrons. The van der Waals surface area contributed by atoms with Gasteiger partial charge >= 0.3 is 0 Å². The molecule has 2 heterocycles. The average Bonchev–Trinajstić information content (AvgIpc) is 3.16. The second kappa shape index (κ2) is 6.26. The van der Waals surface area contributed by atoms with Crippen LogP contribution in [0.2, 0.25) is 0 Å². The first kappa shape index (κ1) is 16.3. The van der Waals surface area contributed by atoms with Crippen molar-refractivity contribution < 1.29 is 14.0 Å². The zero-order chi connectivity index (χ0) is 18.3. The summed E-state index contributed by atoms with van der Waals surface area (Å²) in [7, 11) is 0. The smallest absolute Gasteiger partial charge is 0.263 e. The van der Waals surface area contributed by atoms with Gasteiger partial charge in [-0.3, -0.25) is 14.5 Å². The summed E-state index contributed by atoms with van der Waals surface area (Å²) >= 11 is 0. The molecule has 2 amide bonds. The largest absolute Gasteiger partial charge is 0.353 e. The van der Waals surface area contributed by atoms with Crippen LogP contribution < -0.4 is 0 Å². The standard InChI is InChI=1S/C21H17FN2O2/c1-2-12-24-20(25)16-17(21(24)26)19(14-8-10-15(22)11-9-14)23-18(16)13-6-4-3-5-7-13/h3-11,23H,2,12H2,1H3. The summed E-state index contributed by atoms with van der Waals surface area (Å²) in [4.78, 5) is 30.4. The molecule has 0 radical (unpaired) electrons. The van der Waals surface area contributed by atoms with Gasteiger partial charge in [-0.05, 0) is 41.8 Å². The molecule has 1 aliphatic heterocycles. The van der Waals surface area contributed by atoms with Crippen molar-refractivity contribution in [3.63, 3.8) is 0 Å². The van der Waals surface area contributed by atoms with Gasteiger partial charge in [0.2, 0.25) is 0 Å². The van der Waals surface area contributed by atoms with Crippen molar-refractivity contribution in [2.45, 2.75) is 13.3 Å². The number of benzene rings is 2. The van der Waals surface area contributed by atoms with E-state index in [9.17, 15) is 14.0 Å². The normalized spacial score (nSPS) is 13.4. The monoisotopic (exact) mass is 348 g/mol. The van der Waals surface area contributed by atoms with Crippen LogP contribution in [0.4, 0.5) is 4.39 Å². The highest BCUT2D eigenvalue weighted by atomic mass is 19.1. The van der Waals surface area contributed by atoms with E-state index in [-0.39, 0.29) is 17.6 Å². The third-order valence-corrected chi connectivity index (χ3v) is 4.56. The Balaban J connectivity index is 1.95. The van der Waals surface area contributed by atoms with Crippen molar-refractivity contribution in [2.24, 2.45) is 0 Å². The maximum Gasteiger partial charge on any atom is 0.263 e. The van der Waals surface area contributed by atoms with Crippen LogP contribution in [0, 0.1) is 5.82 Å². The summed E-state index contributed by atoms with van der Waals surface area (Å²) < 4.78 is 13.3. The number of aromatic nitrogens is 1. The van der Waals surface area contributed by atoms with Crippen molar-refractivity contribution in [1.29, 1.82) is 0 Å². The van der Waals surface area contributed by atoms with E-state index in [2.05, 4.69) is 4.98 Å². The fourth-order valence-corrected chi connectivity index (χ4v) is 3.37. The zero-order valence-electron chi connectivity index (χ0n) is 14.3. The first-order valence-corrected chi connectivity index (χ1v) is 8.55. The highest BCUT2D eigenvalue weighted by molar-refractivity contribution is 6.26. The zero-order valence-corrected chi connectivity index (χ0v) is 14.3. The maximum absolute atomic E-state index is 13.3. The van der Waals surface area contributed by atoms with Gasteiger partial charge in [-0.15, -0.1) is 0 Å².